The summed E-state index contributed by atoms with van der Waals surface area (Å²) in [6, 6.07) is 5.30. The normalized spacial score (nSPS) is 16.1. The fourth-order valence-corrected chi connectivity index (χ4v) is 1.86. The molecule has 7 heteroatoms. The van der Waals surface area contributed by atoms with Crippen molar-refractivity contribution in [2.45, 2.75) is 0 Å². The first-order valence-electron chi connectivity index (χ1n) is 5.44. The summed E-state index contributed by atoms with van der Waals surface area (Å²) in [6.07, 6.45) is 4.10. The lowest BCUT2D eigenvalue weighted by atomic mass is 10.1. The van der Waals surface area contributed by atoms with E-state index < -0.39 is 10.8 Å². The fraction of sp³-hybridized carbons (Fsp3) is 0. The minimum absolute atomic E-state index is 0.113. The molecule has 1 aliphatic rings. The van der Waals surface area contributed by atoms with E-state index in [0.717, 1.165) is 6.07 Å². The molecule has 0 atom stereocenters. The molecule has 0 aliphatic heterocycles. The molecule has 100 valence electrons. The summed E-state index contributed by atoms with van der Waals surface area (Å²) < 4.78 is 0.297. The third-order valence-electron chi connectivity index (χ3n) is 2.45. The molecule has 0 saturated carbocycles. The maximum atomic E-state index is 11.9. The average molecular weight is 335 g/mol. The number of ketones is 1. The molecule has 1 aromatic rings. The highest BCUT2D eigenvalue weighted by atomic mass is 79.9. The summed E-state index contributed by atoms with van der Waals surface area (Å²) in [4.78, 5) is 37.0. The molecule has 2 rings (SSSR count). The van der Waals surface area contributed by atoms with Crippen molar-refractivity contribution in [3.8, 4) is 0 Å². The van der Waals surface area contributed by atoms with E-state index in [1.54, 1.807) is 0 Å². The molecule has 0 radical (unpaired) electrons. The standard InChI is InChI=1S/C13H7BrN2O4/c14-11-7-9(4-5-12(11)17)15-13(18)8-2-1-3-10(6-8)16(19)20/h1-7H. The van der Waals surface area contributed by atoms with Crippen LogP contribution < -0.4 is 0 Å². The van der Waals surface area contributed by atoms with Gasteiger partial charge in [-0.3, -0.25) is 19.7 Å². The van der Waals surface area contributed by atoms with Crippen molar-refractivity contribution in [2.75, 3.05) is 0 Å². The van der Waals surface area contributed by atoms with E-state index in [4.69, 9.17) is 0 Å². The topological polar surface area (TPSA) is 89.6 Å². The number of carbonyl (C=O) groups excluding carboxylic acids is 2. The molecular formula is C13H7BrN2O4. The molecule has 1 aromatic carbocycles. The molecule has 6 nitrogen and oxygen atoms in total. The predicted octanol–water partition coefficient (Wildman–Crippen LogP) is 2.59. The summed E-state index contributed by atoms with van der Waals surface area (Å²) >= 11 is 3.05. The van der Waals surface area contributed by atoms with Crippen molar-refractivity contribution in [1.29, 1.82) is 0 Å². The molecule has 0 saturated heterocycles. The van der Waals surface area contributed by atoms with Gasteiger partial charge in [0.2, 0.25) is 0 Å². The van der Waals surface area contributed by atoms with E-state index in [1.165, 1.54) is 36.4 Å². The largest absolute Gasteiger partial charge is 0.289 e. The van der Waals surface area contributed by atoms with Crippen LogP contribution in [0.3, 0.4) is 0 Å². The number of non-ortho nitro benzene ring substituents is 1. The number of hydrogen-bond acceptors (Lipinski definition) is 4. The molecular weight excluding hydrogens is 328 g/mol. The van der Waals surface area contributed by atoms with Crippen molar-refractivity contribution in [2.24, 2.45) is 4.99 Å². The van der Waals surface area contributed by atoms with E-state index in [0.29, 0.717) is 10.2 Å². The van der Waals surface area contributed by atoms with Gasteiger partial charge in [-0.25, -0.2) is 4.99 Å². The number of rotatable bonds is 2. The second kappa shape index (κ2) is 5.70. The molecule has 0 aromatic heterocycles. The number of nitro benzene ring substituents is 1. The maximum Gasteiger partial charge on any atom is 0.277 e. The Balaban J connectivity index is 2.29. The number of benzene rings is 1. The van der Waals surface area contributed by atoms with Gasteiger partial charge in [-0.1, -0.05) is 6.07 Å². The number of nitro groups is 1. The van der Waals surface area contributed by atoms with Gasteiger partial charge in [0.05, 0.1) is 15.1 Å². The van der Waals surface area contributed by atoms with Gasteiger partial charge < -0.3 is 0 Å². The highest BCUT2D eigenvalue weighted by Gasteiger charge is 2.13. The zero-order valence-electron chi connectivity index (χ0n) is 9.95. The molecule has 0 unspecified atom stereocenters. The van der Waals surface area contributed by atoms with E-state index in [2.05, 4.69) is 20.9 Å². The number of allylic oxidation sites excluding steroid dienone is 4. The van der Waals surface area contributed by atoms with Crippen LogP contribution in [0.15, 0.2) is 52.0 Å². The van der Waals surface area contributed by atoms with Crippen molar-refractivity contribution in [3.05, 3.63) is 62.7 Å². The Labute approximate surface area is 121 Å². The lowest BCUT2D eigenvalue weighted by Crippen LogP contribution is -2.06. The van der Waals surface area contributed by atoms with E-state index in [-0.39, 0.29) is 17.0 Å². The van der Waals surface area contributed by atoms with E-state index in [1.807, 2.05) is 0 Å². The van der Waals surface area contributed by atoms with Crippen LogP contribution in [0.4, 0.5) is 5.69 Å². The van der Waals surface area contributed by atoms with Crippen LogP contribution in [0.5, 0.6) is 0 Å². The predicted molar refractivity (Wildman–Crippen MR) is 76.0 cm³/mol. The second-order valence-corrected chi connectivity index (χ2v) is 4.69. The van der Waals surface area contributed by atoms with Gasteiger partial charge in [-0.05, 0) is 40.2 Å². The summed E-state index contributed by atoms with van der Waals surface area (Å²) in [7, 11) is 0. The third kappa shape index (κ3) is 3.12. The van der Waals surface area contributed by atoms with Crippen LogP contribution >= 0.6 is 15.9 Å². The summed E-state index contributed by atoms with van der Waals surface area (Å²) in [6.45, 7) is 0. The molecule has 0 heterocycles. The summed E-state index contributed by atoms with van der Waals surface area (Å²) in [5.74, 6) is -0.828. The molecule has 1 amide bonds. The molecule has 0 spiro atoms. The van der Waals surface area contributed by atoms with Gasteiger partial charge >= 0.3 is 0 Å². The lowest BCUT2D eigenvalue weighted by molar-refractivity contribution is -0.384. The zero-order chi connectivity index (χ0) is 14.7. The number of aliphatic imine (C=N–C) groups is 1. The van der Waals surface area contributed by atoms with Gasteiger partial charge in [-0.2, -0.15) is 0 Å². The van der Waals surface area contributed by atoms with Crippen LogP contribution in [-0.4, -0.2) is 22.3 Å². The molecule has 1 aliphatic carbocycles. The third-order valence-corrected chi connectivity index (χ3v) is 3.07. The summed E-state index contributed by atoms with van der Waals surface area (Å²) in [5, 5.41) is 10.6. The molecule has 0 fully saturated rings. The fourth-order valence-electron chi connectivity index (χ4n) is 1.49. The molecule has 0 bridgehead atoms. The molecule has 0 N–H and O–H groups in total. The Morgan fingerprint density at radius 2 is 2.05 bits per heavy atom. The first-order valence-corrected chi connectivity index (χ1v) is 6.24. The monoisotopic (exact) mass is 334 g/mol. The van der Waals surface area contributed by atoms with Crippen LogP contribution in [0.1, 0.15) is 10.4 Å². The zero-order valence-corrected chi connectivity index (χ0v) is 11.5. The van der Waals surface area contributed by atoms with Crippen molar-refractivity contribution in [1.82, 2.24) is 0 Å². The van der Waals surface area contributed by atoms with Crippen LogP contribution in [0.25, 0.3) is 0 Å². The van der Waals surface area contributed by atoms with Crippen molar-refractivity contribution in [3.63, 3.8) is 0 Å². The number of halogens is 1. The Hall–Kier alpha value is -2.41. The smallest absolute Gasteiger partial charge is 0.277 e. The van der Waals surface area contributed by atoms with E-state index in [9.17, 15) is 19.7 Å². The number of hydrogen-bond donors (Lipinski definition) is 0. The number of nitrogens with zero attached hydrogens (tertiary/aromatic N) is 2. The quantitative estimate of drug-likeness (QED) is 0.472. The van der Waals surface area contributed by atoms with Gasteiger partial charge in [0.15, 0.2) is 5.78 Å². The Bertz CT molecular complexity index is 704. The van der Waals surface area contributed by atoms with Crippen LogP contribution in [0, 0.1) is 10.1 Å². The average Bonchev–Trinajstić information content (AvgIpc) is 2.43. The summed E-state index contributed by atoms with van der Waals surface area (Å²) in [5.41, 5.74) is 0.233. The van der Waals surface area contributed by atoms with Crippen LogP contribution in [-0.2, 0) is 4.79 Å². The highest BCUT2D eigenvalue weighted by molar-refractivity contribution is 9.12. The van der Waals surface area contributed by atoms with Gasteiger partial charge in [0.1, 0.15) is 0 Å². The second-order valence-electron chi connectivity index (χ2n) is 3.84. The minimum atomic E-state index is -0.612. The SMILES string of the molecule is O=C1C=CC(=NC(=O)c2cccc([N+](=O)[O-])c2)C=C1Br. The Kier molecular flexibility index (Phi) is 3.99. The number of amides is 1. The Morgan fingerprint density at radius 3 is 2.70 bits per heavy atom. The Morgan fingerprint density at radius 1 is 1.30 bits per heavy atom. The van der Waals surface area contributed by atoms with Crippen molar-refractivity contribution >= 4 is 39.0 Å². The first-order chi connectivity index (χ1) is 9.47. The van der Waals surface area contributed by atoms with Gasteiger partial charge in [-0.15, -0.1) is 0 Å². The maximum absolute atomic E-state index is 11.9. The molecule has 20 heavy (non-hydrogen) atoms. The lowest BCUT2D eigenvalue weighted by Gasteiger charge is -2.02. The van der Waals surface area contributed by atoms with Crippen LogP contribution in [0.2, 0.25) is 0 Å². The minimum Gasteiger partial charge on any atom is -0.289 e. The van der Waals surface area contributed by atoms with Gasteiger partial charge in [0, 0.05) is 17.7 Å². The first kappa shape index (κ1) is 14.0. The highest BCUT2D eigenvalue weighted by Crippen LogP contribution is 2.16. The van der Waals surface area contributed by atoms with E-state index >= 15 is 0 Å². The number of carbonyl (C=O) groups is 2. The van der Waals surface area contributed by atoms with Gasteiger partial charge in [0.25, 0.3) is 11.6 Å². The van der Waals surface area contributed by atoms with Crippen molar-refractivity contribution < 1.29 is 14.5 Å².